The molecule has 2 heterocycles. The van der Waals surface area contributed by atoms with Gasteiger partial charge in [0.15, 0.2) is 5.66 Å². The Kier molecular flexibility index (Phi) is 2.83. The zero-order valence-electron chi connectivity index (χ0n) is 13.0. The maximum Gasteiger partial charge on any atom is 0.256 e. The van der Waals surface area contributed by atoms with Crippen molar-refractivity contribution in [3.8, 4) is 0 Å². The Morgan fingerprint density at radius 1 is 1.09 bits per heavy atom. The highest BCUT2D eigenvalue weighted by atomic mass is 16.3. The summed E-state index contributed by atoms with van der Waals surface area (Å²) in [4.78, 5) is 14.3. The molecular weight excluding hydrogens is 290 g/mol. The quantitative estimate of drug-likeness (QED) is 0.878. The molecule has 1 spiro atoms. The van der Waals surface area contributed by atoms with Gasteiger partial charge in [-0.15, -0.1) is 0 Å². The first kappa shape index (κ1) is 14.0. The maximum atomic E-state index is 12.7. The minimum atomic E-state index is -1.03. The Hall–Kier alpha value is -2.66. The monoisotopic (exact) mass is 307 g/mol. The third-order valence-electron chi connectivity index (χ3n) is 4.73. The molecule has 2 aliphatic rings. The zero-order valence-corrected chi connectivity index (χ0v) is 13.0. The number of carbonyl (C=O) groups excluding carboxylic acids is 1. The van der Waals surface area contributed by atoms with Gasteiger partial charge < -0.3 is 10.0 Å². The smallest absolute Gasteiger partial charge is 0.256 e. The maximum absolute atomic E-state index is 12.7. The minimum Gasteiger partial charge on any atom is -0.382 e. The summed E-state index contributed by atoms with van der Waals surface area (Å²) in [5.74, 6) is -0.106. The molecule has 2 aromatic carbocycles. The molecule has 2 aromatic rings. The van der Waals surface area contributed by atoms with Crippen LogP contribution in [-0.2, 0) is 5.66 Å². The number of carbonyl (C=O) groups is 1. The summed E-state index contributed by atoms with van der Waals surface area (Å²) in [5.41, 5.74) is 1.79. The van der Waals surface area contributed by atoms with Crippen molar-refractivity contribution in [2.75, 3.05) is 12.1 Å². The third kappa shape index (κ3) is 1.60. The molecule has 1 N–H and O–H groups in total. The van der Waals surface area contributed by atoms with Crippen LogP contribution < -0.4 is 5.01 Å². The van der Waals surface area contributed by atoms with Crippen LogP contribution in [0.3, 0.4) is 0 Å². The lowest BCUT2D eigenvalue weighted by molar-refractivity contribution is 0.0295. The van der Waals surface area contributed by atoms with Gasteiger partial charge in [0.05, 0.1) is 11.4 Å². The Morgan fingerprint density at radius 2 is 1.74 bits per heavy atom. The highest BCUT2D eigenvalue weighted by molar-refractivity contribution is 6.04. The number of amides is 1. The van der Waals surface area contributed by atoms with Crippen molar-refractivity contribution < 1.29 is 9.90 Å². The van der Waals surface area contributed by atoms with Crippen LogP contribution in [0.15, 0.2) is 59.7 Å². The van der Waals surface area contributed by atoms with Crippen LogP contribution >= 0.6 is 0 Å². The highest BCUT2D eigenvalue weighted by Crippen LogP contribution is 2.48. The molecule has 0 saturated carbocycles. The number of likely N-dealkylation sites (N-methyl/N-ethyl adjacent to an activating group) is 1. The van der Waals surface area contributed by atoms with Crippen LogP contribution in [0.5, 0.6) is 0 Å². The van der Waals surface area contributed by atoms with E-state index < -0.39 is 11.8 Å². The average Bonchev–Trinajstić information content (AvgIpc) is 2.98. The summed E-state index contributed by atoms with van der Waals surface area (Å²) < 4.78 is 0. The lowest BCUT2D eigenvalue weighted by atomic mass is 9.91. The molecule has 2 atom stereocenters. The summed E-state index contributed by atoms with van der Waals surface area (Å²) in [6, 6.07) is 17.0. The van der Waals surface area contributed by atoms with E-state index >= 15 is 0 Å². The third-order valence-corrected chi connectivity index (χ3v) is 4.73. The van der Waals surface area contributed by atoms with Crippen LogP contribution in [0, 0.1) is 0 Å². The van der Waals surface area contributed by atoms with Gasteiger partial charge in [-0.1, -0.05) is 36.4 Å². The molecule has 5 heteroatoms. The Morgan fingerprint density at radius 3 is 2.48 bits per heavy atom. The summed E-state index contributed by atoms with van der Waals surface area (Å²) in [7, 11) is 1.72. The standard InChI is InChI=1S/C18H17N3O2/c1-12-16(22)18(21(19-12)13-8-4-3-5-9-13)15-11-7-6-10-14(15)17(23)20(18)2/h3-11,16,22H,1-2H3/t16-,18+/m1/s1. The summed E-state index contributed by atoms with van der Waals surface area (Å²) >= 11 is 0. The topological polar surface area (TPSA) is 56.1 Å². The van der Waals surface area contributed by atoms with E-state index in [1.165, 1.54) is 0 Å². The van der Waals surface area contributed by atoms with Crippen molar-refractivity contribution in [2.45, 2.75) is 18.7 Å². The van der Waals surface area contributed by atoms with Crippen molar-refractivity contribution >= 4 is 17.3 Å². The van der Waals surface area contributed by atoms with Gasteiger partial charge in [0, 0.05) is 18.2 Å². The molecule has 0 saturated heterocycles. The number of hydrogen-bond donors (Lipinski definition) is 1. The molecule has 0 fully saturated rings. The number of nitrogens with zero attached hydrogens (tertiary/aromatic N) is 3. The number of fused-ring (bicyclic) bond motifs is 2. The largest absolute Gasteiger partial charge is 0.382 e. The number of aliphatic hydroxyl groups excluding tert-OH is 1. The number of hydrazone groups is 1. The molecule has 116 valence electrons. The molecule has 0 unspecified atom stereocenters. The second-order valence-electron chi connectivity index (χ2n) is 5.93. The number of para-hydroxylation sites is 1. The van der Waals surface area contributed by atoms with Gasteiger partial charge in [-0.25, -0.2) is 5.01 Å². The van der Waals surface area contributed by atoms with Crippen LogP contribution in [-0.4, -0.2) is 34.8 Å². The van der Waals surface area contributed by atoms with E-state index in [0.717, 1.165) is 11.3 Å². The van der Waals surface area contributed by atoms with E-state index in [4.69, 9.17) is 0 Å². The van der Waals surface area contributed by atoms with Gasteiger partial charge in [0.2, 0.25) is 0 Å². The molecule has 0 aromatic heterocycles. The molecular formula is C18H17N3O2. The first-order chi connectivity index (χ1) is 11.1. The van der Waals surface area contributed by atoms with Crippen LogP contribution in [0.4, 0.5) is 5.69 Å². The first-order valence-electron chi connectivity index (χ1n) is 7.54. The van der Waals surface area contributed by atoms with E-state index in [0.29, 0.717) is 11.3 Å². The van der Waals surface area contributed by atoms with E-state index in [2.05, 4.69) is 5.10 Å². The van der Waals surface area contributed by atoms with Crippen LogP contribution in [0.25, 0.3) is 0 Å². The summed E-state index contributed by atoms with van der Waals surface area (Å²) in [5, 5.41) is 17.3. The fourth-order valence-electron chi connectivity index (χ4n) is 3.61. The fourth-order valence-corrected chi connectivity index (χ4v) is 3.61. The van der Waals surface area contributed by atoms with Gasteiger partial charge in [-0.2, -0.15) is 5.10 Å². The predicted octanol–water partition coefficient (Wildman–Crippen LogP) is 2.18. The van der Waals surface area contributed by atoms with Gasteiger partial charge in [0.1, 0.15) is 6.10 Å². The Labute approximate surface area is 134 Å². The Bertz CT molecular complexity index is 818. The van der Waals surface area contributed by atoms with Gasteiger partial charge >= 0.3 is 0 Å². The van der Waals surface area contributed by atoms with Gasteiger partial charge in [-0.3, -0.25) is 4.79 Å². The number of hydrogen-bond acceptors (Lipinski definition) is 4. The first-order valence-corrected chi connectivity index (χ1v) is 7.54. The Balaban J connectivity index is 2.00. The fraction of sp³-hybridized carbons (Fsp3) is 0.222. The van der Waals surface area contributed by atoms with Gasteiger partial charge in [0.25, 0.3) is 5.91 Å². The molecule has 4 rings (SSSR count). The van der Waals surface area contributed by atoms with Crippen molar-refractivity contribution in [1.29, 1.82) is 0 Å². The van der Waals surface area contributed by atoms with E-state index in [9.17, 15) is 9.90 Å². The van der Waals surface area contributed by atoms with Crippen LogP contribution in [0.1, 0.15) is 22.8 Å². The lowest BCUT2D eigenvalue weighted by Gasteiger charge is -2.42. The highest BCUT2D eigenvalue weighted by Gasteiger charge is 2.60. The van der Waals surface area contributed by atoms with E-state index in [1.807, 2.05) is 48.5 Å². The van der Waals surface area contributed by atoms with Gasteiger partial charge in [-0.05, 0) is 25.1 Å². The number of aliphatic hydroxyl groups is 1. The zero-order chi connectivity index (χ0) is 16.2. The molecule has 0 aliphatic carbocycles. The molecule has 2 aliphatic heterocycles. The number of anilines is 1. The minimum absolute atomic E-state index is 0.106. The number of benzene rings is 2. The SMILES string of the molecule is CC1=NN(c2ccccc2)[C@@]2(c3ccccc3C(=O)N2C)[C@@H]1O. The van der Waals surface area contributed by atoms with Crippen molar-refractivity contribution in [1.82, 2.24) is 4.90 Å². The molecule has 0 radical (unpaired) electrons. The second kappa shape index (κ2) is 4.67. The predicted molar refractivity (Wildman–Crippen MR) is 88.3 cm³/mol. The van der Waals surface area contributed by atoms with Crippen molar-refractivity contribution in [2.24, 2.45) is 5.10 Å². The average molecular weight is 307 g/mol. The number of rotatable bonds is 1. The summed E-state index contributed by atoms with van der Waals surface area (Å²) in [6.45, 7) is 1.79. The van der Waals surface area contributed by atoms with E-state index in [1.54, 1.807) is 29.9 Å². The second-order valence-corrected chi connectivity index (χ2v) is 5.93. The normalized spacial score (nSPS) is 26.0. The molecule has 5 nitrogen and oxygen atoms in total. The molecule has 23 heavy (non-hydrogen) atoms. The molecule has 1 amide bonds. The van der Waals surface area contributed by atoms with Crippen LogP contribution in [0.2, 0.25) is 0 Å². The van der Waals surface area contributed by atoms with Crippen molar-refractivity contribution in [3.63, 3.8) is 0 Å². The van der Waals surface area contributed by atoms with Crippen molar-refractivity contribution in [3.05, 3.63) is 65.7 Å². The van der Waals surface area contributed by atoms with E-state index in [-0.39, 0.29) is 5.91 Å². The lowest BCUT2D eigenvalue weighted by Crippen LogP contribution is -2.58. The summed E-state index contributed by atoms with van der Waals surface area (Å²) in [6.07, 6.45) is -0.889. The molecule has 0 bridgehead atoms.